The number of anilines is 1. The molecule has 1 amide bonds. The van der Waals surface area contributed by atoms with Crippen LogP contribution in [0.25, 0.3) is 11.5 Å². The van der Waals surface area contributed by atoms with Crippen LogP contribution in [-0.2, 0) is 10.3 Å². The molecule has 2 aromatic rings. The molecule has 2 fully saturated rings. The van der Waals surface area contributed by atoms with Crippen molar-refractivity contribution in [1.82, 2.24) is 10.1 Å². The van der Waals surface area contributed by atoms with Crippen molar-refractivity contribution >= 4 is 11.6 Å². The van der Waals surface area contributed by atoms with Crippen LogP contribution < -0.4 is 11.1 Å². The number of hydrogen-bond donors (Lipinski definition) is 2. The van der Waals surface area contributed by atoms with Gasteiger partial charge in [-0.05, 0) is 49.8 Å². The van der Waals surface area contributed by atoms with E-state index in [2.05, 4.69) is 22.4 Å². The van der Waals surface area contributed by atoms with E-state index in [1.807, 2.05) is 24.3 Å². The number of aromatic nitrogens is 2. The first-order chi connectivity index (χ1) is 11.0. The summed E-state index contributed by atoms with van der Waals surface area (Å²) in [6.07, 6.45) is 3.85. The molecular formula is C17H20N4O2. The smallest absolute Gasteiger partial charge is 0.258 e. The van der Waals surface area contributed by atoms with Gasteiger partial charge in [-0.3, -0.25) is 4.79 Å². The molecule has 2 aliphatic rings. The third-order valence-corrected chi connectivity index (χ3v) is 4.94. The molecule has 0 bridgehead atoms. The molecule has 1 aromatic carbocycles. The number of nitrogens with one attached hydrogen (secondary N) is 1. The lowest BCUT2D eigenvalue weighted by Gasteiger charge is -2.34. The minimum atomic E-state index is -0.435. The Kier molecular flexibility index (Phi) is 3.23. The summed E-state index contributed by atoms with van der Waals surface area (Å²) in [5.41, 5.74) is 7.32. The van der Waals surface area contributed by atoms with E-state index >= 15 is 0 Å². The van der Waals surface area contributed by atoms with Gasteiger partial charge in [-0.15, -0.1) is 0 Å². The Morgan fingerprint density at radius 3 is 2.87 bits per heavy atom. The highest BCUT2D eigenvalue weighted by atomic mass is 16.5. The Labute approximate surface area is 134 Å². The maximum absolute atomic E-state index is 12.0. The molecule has 2 saturated carbocycles. The minimum Gasteiger partial charge on any atom is -0.334 e. The van der Waals surface area contributed by atoms with E-state index in [9.17, 15) is 4.79 Å². The summed E-state index contributed by atoms with van der Waals surface area (Å²) < 4.78 is 5.36. The van der Waals surface area contributed by atoms with Crippen LogP contribution in [-0.4, -0.2) is 16.0 Å². The molecule has 6 nitrogen and oxygen atoms in total. The summed E-state index contributed by atoms with van der Waals surface area (Å²) in [6.45, 7) is 2.09. The van der Waals surface area contributed by atoms with Gasteiger partial charge in [0.15, 0.2) is 5.82 Å². The molecule has 2 atom stereocenters. The number of rotatable bonds is 4. The Hall–Kier alpha value is -2.21. The highest BCUT2D eigenvalue weighted by molar-refractivity contribution is 5.94. The van der Waals surface area contributed by atoms with Crippen LogP contribution in [0.15, 0.2) is 28.8 Å². The first-order valence-electron chi connectivity index (χ1n) is 8.09. The van der Waals surface area contributed by atoms with Crippen molar-refractivity contribution in [2.24, 2.45) is 17.6 Å². The minimum absolute atomic E-state index is 0.0799. The fraction of sp³-hybridized carbons (Fsp3) is 0.471. The van der Waals surface area contributed by atoms with Crippen LogP contribution in [0.3, 0.4) is 0 Å². The van der Waals surface area contributed by atoms with Crippen LogP contribution in [0, 0.1) is 11.8 Å². The van der Waals surface area contributed by atoms with Gasteiger partial charge in [-0.25, -0.2) is 0 Å². The Bertz CT molecular complexity index is 751. The first kappa shape index (κ1) is 14.4. The summed E-state index contributed by atoms with van der Waals surface area (Å²) in [4.78, 5) is 16.5. The van der Waals surface area contributed by atoms with Gasteiger partial charge >= 0.3 is 0 Å². The lowest BCUT2D eigenvalue weighted by molar-refractivity contribution is -0.117. The van der Waals surface area contributed by atoms with E-state index in [0.717, 1.165) is 36.9 Å². The second-order valence-corrected chi connectivity index (χ2v) is 6.82. The topological polar surface area (TPSA) is 94.0 Å². The standard InChI is InChI=1S/C17H20N4O2/c1-10-8-13(10)14(22)19-12-5-2-4-11(9-12)15-20-16(21-23-15)17(18)6-3-7-17/h2,4-5,9-10,13H,3,6-8,18H2,1H3,(H,19,22). The molecule has 23 heavy (non-hydrogen) atoms. The number of nitrogens with two attached hydrogens (primary N) is 1. The van der Waals surface area contributed by atoms with Crippen molar-refractivity contribution in [2.45, 2.75) is 38.1 Å². The average molecular weight is 312 g/mol. The maximum Gasteiger partial charge on any atom is 0.258 e. The van der Waals surface area contributed by atoms with Gasteiger partial charge in [0.2, 0.25) is 5.91 Å². The Balaban J connectivity index is 1.53. The fourth-order valence-corrected chi connectivity index (χ4v) is 2.98. The number of carbonyl (C=O) groups is 1. The summed E-state index contributed by atoms with van der Waals surface area (Å²) in [5, 5.41) is 6.98. The third kappa shape index (κ3) is 2.63. The van der Waals surface area contributed by atoms with Crippen LogP contribution in [0.1, 0.15) is 38.4 Å². The van der Waals surface area contributed by atoms with E-state index in [0.29, 0.717) is 17.6 Å². The summed E-state index contributed by atoms with van der Waals surface area (Å²) >= 11 is 0. The van der Waals surface area contributed by atoms with Crippen LogP contribution in [0.2, 0.25) is 0 Å². The van der Waals surface area contributed by atoms with Gasteiger partial charge in [0.1, 0.15) is 0 Å². The number of hydrogen-bond acceptors (Lipinski definition) is 5. The number of amides is 1. The van der Waals surface area contributed by atoms with Gasteiger partial charge in [0.05, 0.1) is 5.54 Å². The van der Waals surface area contributed by atoms with E-state index in [-0.39, 0.29) is 11.8 Å². The summed E-state index contributed by atoms with van der Waals surface area (Å²) in [6, 6.07) is 7.47. The lowest BCUT2D eigenvalue weighted by Crippen LogP contribution is -2.44. The molecule has 0 saturated heterocycles. The monoisotopic (exact) mass is 312 g/mol. The average Bonchev–Trinajstić information content (AvgIpc) is 3.05. The number of carbonyl (C=O) groups excluding carboxylic acids is 1. The normalized spacial score (nSPS) is 24.8. The second kappa shape index (κ2) is 5.16. The largest absolute Gasteiger partial charge is 0.334 e. The zero-order chi connectivity index (χ0) is 16.0. The highest BCUT2D eigenvalue weighted by Crippen LogP contribution is 2.39. The van der Waals surface area contributed by atoms with Crippen LogP contribution in [0.4, 0.5) is 5.69 Å². The molecule has 120 valence electrons. The molecule has 2 aliphatic carbocycles. The van der Waals surface area contributed by atoms with Crippen molar-refractivity contribution in [2.75, 3.05) is 5.32 Å². The predicted molar refractivity (Wildman–Crippen MR) is 85.4 cm³/mol. The van der Waals surface area contributed by atoms with Crippen molar-refractivity contribution in [1.29, 1.82) is 0 Å². The zero-order valence-electron chi connectivity index (χ0n) is 13.1. The third-order valence-electron chi connectivity index (χ3n) is 4.94. The maximum atomic E-state index is 12.0. The van der Waals surface area contributed by atoms with Gasteiger partial charge in [0.25, 0.3) is 5.89 Å². The summed E-state index contributed by atoms with van der Waals surface area (Å²) in [5.74, 6) is 1.72. The molecule has 2 unspecified atom stereocenters. The molecule has 0 radical (unpaired) electrons. The lowest BCUT2D eigenvalue weighted by atomic mass is 9.77. The molecule has 4 rings (SSSR count). The van der Waals surface area contributed by atoms with E-state index in [1.54, 1.807) is 0 Å². The second-order valence-electron chi connectivity index (χ2n) is 6.82. The van der Waals surface area contributed by atoms with Crippen molar-refractivity contribution < 1.29 is 9.32 Å². The van der Waals surface area contributed by atoms with Crippen LogP contribution in [0.5, 0.6) is 0 Å². The predicted octanol–water partition coefficient (Wildman–Crippen LogP) is 2.67. The Morgan fingerprint density at radius 1 is 1.43 bits per heavy atom. The SMILES string of the molecule is CC1CC1C(=O)Nc1cccc(-c2nc(C3(N)CCC3)no2)c1. The van der Waals surface area contributed by atoms with E-state index < -0.39 is 5.54 Å². The molecule has 3 N–H and O–H groups in total. The molecule has 0 aliphatic heterocycles. The Morgan fingerprint density at radius 2 is 2.22 bits per heavy atom. The fourth-order valence-electron chi connectivity index (χ4n) is 2.98. The molecule has 6 heteroatoms. The molecule has 0 spiro atoms. The summed E-state index contributed by atoms with van der Waals surface area (Å²) in [7, 11) is 0. The quantitative estimate of drug-likeness (QED) is 0.905. The van der Waals surface area contributed by atoms with Gasteiger partial charge in [0, 0.05) is 17.2 Å². The van der Waals surface area contributed by atoms with Crippen molar-refractivity contribution in [3.05, 3.63) is 30.1 Å². The number of nitrogens with zero attached hydrogens (tertiary/aromatic N) is 2. The van der Waals surface area contributed by atoms with Crippen molar-refractivity contribution in [3.63, 3.8) is 0 Å². The molecular weight excluding hydrogens is 292 g/mol. The van der Waals surface area contributed by atoms with Gasteiger partial charge < -0.3 is 15.6 Å². The molecule has 1 aromatic heterocycles. The van der Waals surface area contributed by atoms with Gasteiger partial charge in [-0.2, -0.15) is 4.98 Å². The zero-order valence-corrected chi connectivity index (χ0v) is 13.1. The van der Waals surface area contributed by atoms with E-state index in [1.165, 1.54) is 0 Å². The van der Waals surface area contributed by atoms with Crippen molar-refractivity contribution in [3.8, 4) is 11.5 Å². The van der Waals surface area contributed by atoms with E-state index in [4.69, 9.17) is 10.3 Å². The van der Waals surface area contributed by atoms with Crippen LogP contribution >= 0.6 is 0 Å². The highest BCUT2D eigenvalue weighted by Gasteiger charge is 2.40. The number of benzene rings is 1. The molecule has 1 heterocycles. The first-order valence-corrected chi connectivity index (χ1v) is 8.09. The van der Waals surface area contributed by atoms with Gasteiger partial charge in [-0.1, -0.05) is 18.1 Å².